The van der Waals surface area contributed by atoms with Crippen LogP contribution in [-0.2, 0) is 0 Å². The van der Waals surface area contributed by atoms with E-state index in [1.54, 1.807) is 0 Å². The maximum Gasteiger partial charge on any atom is 0.0775 e. The van der Waals surface area contributed by atoms with E-state index < -0.39 is 0 Å². The summed E-state index contributed by atoms with van der Waals surface area (Å²) in [6.07, 6.45) is 7.81. The van der Waals surface area contributed by atoms with E-state index in [0.29, 0.717) is 24.0 Å². The van der Waals surface area contributed by atoms with E-state index in [2.05, 4.69) is 23.9 Å². The van der Waals surface area contributed by atoms with Crippen molar-refractivity contribution in [3.8, 4) is 0 Å². The van der Waals surface area contributed by atoms with Crippen molar-refractivity contribution < 1.29 is 5.21 Å². The first-order chi connectivity index (χ1) is 8.22. The smallest absolute Gasteiger partial charge is 0.0775 e. The minimum atomic E-state index is 0.448. The maximum atomic E-state index is 9.32. The van der Waals surface area contributed by atoms with Crippen LogP contribution < -0.4 is 0 Å². The second-order valence-electron chi connectivity index (χ2n) is 6.32. The first-order valence-electron chi connectivity index (χ1n) is 7.21. The average molecular weight is 236 g/mol. The molecule has 3 nitrogen and oxygen atoms in total. The Morgan fingerprint density at radius 3 is 2.47 bits per heavy atom. The van der Waals surface area contributed by atoms with Gasteiger partial charge in [0.1, 0.15) is 0 Å². The molecule has 3 heteroatoms. The summed E-state index contributed by atoms with van der Waals surface area (Å²) in [4.78, 5) is 2.66. The van der Waals surface area contributed by atoms with Crippen LogP contribution in [0.3, 0.4) is 0 Å². The fourth-order valence-corrected chi connectivity index (χ4v) is 4.58. The van der Waals surface area contributed by atoms with Gasteiger partial charge < -0.3 is 5.21 Å². The van der Waals surface area contributed by atoms with Gasteiger partial charge in [-0.2, -0.15) is 0 Å². The van der Waals surface area contributed by atoms with Crippen LogP contribution >= 0.6 is 0 Å². The highest BCUT2D eigenvalue weighted by atomic mass is 16.4. The maximum absolute atomic E-state index is 9.32. The van der Waals surface area contributed by atoms with Crippen molar-refractivity contribution >= 4 is 5.71 Å². The highest BCUT2D eigenvalue weighted by Gasteiger charge is 2.50. The standard InChI is InChI=1S/C14H24N2O/c1-9-4-3-5-10(2)16(9)14-12-7-6-11(8-12)13(14)15-17/h9-12,14,17H,3-8H2,1-2H3/b15-13-/t9-,10+,11-,12-,14-/m0/s1. The molecule has 17 heavy (non-hydrogen) atoms. The number of piperidine rings is 1. The number of hydrogen-bond donors (Lipinski definition) is 1. The molecule has 5 atom stereocenters. The van der Waals surface area contributed by atoms with Gasteiger partial charge in [-0.1, -0.05) is 11.6 Å². The van der Waals surface area contributed by atoms with Crippen LogP contribution in [-0.4, -0.2) is 33.9 Å². The third-order valence-electron chi connectivity index (χ3n) is 5.34. The van der Waals surface area contributed by atoms with Crippen molar-refractivity contribution in [1.82, 2.24) is 4.90 Å². The first kappa shape index (κ1) is 11.5. The van der Waals surface area contributed by atoms with E-state index in [4.69, 9.17) is 0 Å². The van der Waals surface area contributed by atoms with E-state index in [-0.39, 0.29) is 0 Å². The molecule has 96 valence electrons. The van der Waals surface area contributed by atoms with E-state index in [9.17, 15) is 5.21 Å². The molecule has 1 heterocycles. The van der Waals surface area contributed by atoms with Crippen LogP contribution in [0.4, 0.5) is 0 Å². The highest BCUT2D eigenvalue weighted by molar-refractivity contribution is 5.94. The molecule has 1 N–H and O–H groups in total. The van der Waals surface area contributed by atoms with Gasteiger partial charge in [-0.05, 0) is 51.9 Å². The molecule has 0 amide bonds. The predicted octanol–water partition coefficient (Wildman–Crippen LogP) is 2.88. The molecule has 0 unspecified atom stereocenters. The Bertz CT molecular complexity index is 318. The number of fused-ring (bicyclic) bond motifs is 2. The third kappa shape index (κ3) is 1.70. The van der Waals surface area contributed by atoms with Crippen molar-refractivity contribution in [3.05, 3.63) is 0 Å². The van der Waals surface area contributed by atoms with E-state index >= 15 is 0 Å². The zero-order chi connectivity index (χ0) is 12.0. The molecule has 3 aliphatic rings. The number of nitrogens with zero attached hydrogens (tertiary/aromatic N) is 2. The molecule has 0 spiro atoms. The molecule has 3 fully saturated rings. The highest BCUT2D eigenvalue weighted by Crippen LogP contribution is 2.47. The van der Waals surface area contributed by atoms with Gasteiger partial charge in [0.25, 0.3) is 0 Å². The van der Waals surface area contributed by atoms with Crippen LogP contribution in [0.2, 0.25) is 0 Å². The van der Waals surface area contributed by atoms with Crippen molar-refractivity contribution in [3.63, 3.8) is 0 Å². The first-order valence-corrected chi connectivity index (χ1v) is 7.21. The fourth-order valence-electron chi connectivity index (χ4n) is 4.58. The zero-order valence-corrected chi connectivity index (χ0v) is 11.0. The van der Waals surface area contributed by atoms with Crippen LogP contribution in [0, 0.1) is 11.8 Å². The average Bonchev–Trinajstić information content (AvgIpc) is 2.89. The predicted molar refractivity (Wildman–Crippen MR) is 68.5 cm³/mol. The Hall–Kier alpha value is -0.570. The Labute approximate surface area is 104 Å². The SMILES string of the molecule is C[C@@H]1CCC[C@H](C)N1[C@@H]1/C(=N\O)[C@H]2CC[C@H]1C2. The van der Waals surface area contributed by atoms with Gasteiger partial charge in [-0.15, -0.1) is 0 Å². The Kier molecular flexibility index (Phi) is 2.89. The molecule has 0 aromatic heterocycles. The minimum Gasteiger partial charge on any atom is -0.411 e. The molecule has 1 aliphatic heterocycles. The van der Waals surface area contributed by atoms with Gasteiger partial charge in [0.05, 0.1) is 11.8 Å². The lowest BCUT2D eigenvalue weighted by Crippen LogP contribution is -2.55. The van der Waals surface area contributed by atoms with Gasteiger partial charge in [-0.25, -0.2) is 0 Å². The topological polar surface area (TPSA) is 35.8 Å². The minimum absolute atomic E-state index is 0.448. The monoisotopic (exact) mass is 236 g/mol. The van der Waals surface area contributed by atoms with E-state index in [1.807, 2.05) is 0 Å². The summed E-state index contributed by atoms with van der Waals surface area (Å²) in [6, 6.07) is 1.75. The molecule has 0 aromatic rings. The molecular formula is C14H24N2O. The number of rotatable bonds is 1. The third-order valence-corrected chi connectivity index (χ3v) is 5.34. The van der Waals surface area contributed by atoms with E-state index in [1.165, 1.54) is 38.5 Å². The molecule has 2 saturated carbocycles. The summed E-state index contributed by atoms with van der Waals surface area (Å²) < 4.78 is 0. The van der Waals surface area contributed by atoms with Crippen molar-refractivity contribution in [2.75, 3.05) is 0 Å². The van der Waals surface area contributed by atoms with Crippen LogP contribution in [0.25, 0.3) is 0 Å². The van der Waals surface area contributed by atoms with Gasteiger partial charge in [0, 0.05) is 18.0 Å². The molecule has 1 saturated heterocycles. The number of oxime groups is 1. The summed E-state index contributed by atoms with van der Waals surface area (Å²) >= 11 is 0. The van der Waals surface area contributed by atoms with Crippen molar-refractivity contribution in [2.24, 2.45) is 17.0 Å². The van der Waals surface area contributed by atoms with Crippen LogP contribution in [0.5, 0.6) is 0 Å². The molecule has 2 aliphatic carbocycles. The van der Waals surface area contributed by atoms with Crippen molar-refractivity contribution in [1.29, 1.82) is 0 Å². The molecule has 2 bridgehead atoms. The molecule has 0 radical (unpaired) electrons. The Morgan fingerprint density at radius 1 is 1.12 bits per heavy atom. The largest absolute Gasteiger partial charge is 0.411 e. The van der Waals surface area contributed by atoms with Gasteiger partial charge in [0.15, 0.2) is 0 Å². The Balaban J connectivity index is 1.87. The second kappa shape index (κ2) is 4.27. The summed E-state index contributed by atoms with van der Waals surface area (Å²) in [6.45, 7) is 4.69. The number of likely N-dealkylation sites (tertiary alicyclic amines) is 1. The van der Waals surface area contributed by atoms with Gasteiger partial charge >= 0.3 is 0 Å². The van der Waals surface area contributed by atoms with Gasteiger partial charge in [-0.3, -0.25) is 4.90 Å². The van der Waals surface area contributed by atoms with Crippen LogP contribution in [0.1, 0.15) is 52.4 Å². The molecular weight excluding hydrogens is 212 g/mol. The molecule has 3 rings (SSSR count). The lowest BCUT2D eigenvalue weighted by molar-refractivity contribution is 0.0602. The van der Waals surface area contributed by atoms with Gasteiger partial charge in [0.2, 0.25) is 0 Å². The van der Waals surface area contributed by atoms with Crippen LogP contribution in [0.15, 0.2) is 5.16 Å². The summed E-state index contributed by atoms with van der Waals surface area (Å²) in [5.41, 5.74) is 1.10. The van der Waals surface area contributed by atoms with E-state index in [0.717, 1.165) is 11.6 Å². The number of hydrogen-bond acceptors (Lipinski definition) is 3. The van der Waals surface area contributed by atoms with Crippen molar-refractivity contribution in [2.45, 2.75) is 70.5 Å². The lowest BCUT2D eigenvalue weighted by atomic mass is 9.86. The molecule has 0 aromatic carbocycles. The summed E-state index contributed by atoms with van der Waals surface area (Å²) in [5, 5.41) is 13.0. The summed E-state index contributed by atoms with van der Waals surface area (Å²) in [7, 11) is 0. The second-order valence-corrected chi connectivity index (χ2v) is 6.32. The zero-order valence-electron chi connectivity index (χ0n) is 11.0. The Morgan fingerprint density at radius 2 is 1.82 bits per heavy atom. The lowest BCUT2D eigenvalue weighted by Gasteiger charge is -2.45. The summed E-state index contributed by atoms with van der Waals surface area (Å²) in [5.74, 6) is 1.34. The quantitative estimate of drug-likeness (QED) is 0.561. The fraction of sp³-hybridized carbons (Fsp3) is 0.929. The normalized spacial score (nSPS) is 49.1.